The summed E-state index contributed by atoms with van der Waals surface area (Å²) >= 11 is 0. The van der Waals surface area contributed by atoms with Crippen molar-refractivity contribution >= 4 is 49.9 Å². The Morgan fingerprint density at radius 3 is 2.30 bits per heavy atom. The van der Waals surface area contributed by atoms with Crippen molar-refractivity contribution in [1.29, 1.82) is 0 Å². The molecule has 0 aromatic heterocycles. The van der Waals surface area contributed by atoms with E-state index in [-0.39, 0.29) is 11.8 Å². The van der Waals surface area contributed by atoms with Crippen LogP contribution in [-0.4, -0.2) is 27.5 Å². The van der Waals surface area contributed by atoms with E-state index in [1.54, 1.807) is 9.80 Å². The highest BCUT2D eigenvalue weighted by Gasteiger charge is 2.52. The first-order valence-electron chi connectivity index (χ1n) is 8.71. The third-order valence-corrected chi connectivity index (χ3v) is 7.69. The fourth-order valence-electron chi connectivity index (χ4n) is 3.62. The van der Waals surface area contributed by atoms with E-state index in [1.165, 1.54) is 21.6 Å². The summed E-state index contributed by atoms with van der Waals surface area (Å²) in [6.45, 7) is 0.462. The molecule has 2 atom stereocenters. The fraction of sp³-hybridized carbons (Fsp3) is 0.143. The lowest BCUT2D eigenvalue weighted by Gasteiger charge is -2.48. The molecule has 0 saturated carbocycles. The van der Waals surface area contributed by atoms with Gasteiger partial charge in [-0.3, -0.25) is 14.5 Å². The molecular weight excluding hydrogens is 376 g/mol. The van der Waals surface area contributed by atoms with Gasteiger partial charge < -0.3 is 4.90 Å². The first-order valence-corrected chi connectivity index (χ1v) is 11.0. The molecular formula is C21H16N2O2S2. The summed E-state index contributed by atoms with van der Waals surface area (Å²) in [5, 5.41) is 1.04. The third kappa shape index (κ3) is 2.71. The van der Waals surface area contributed by atoms with Crippen molar-refractivity contribution in [2.24, 2.45) is 0 Å². The highest BCUT2D eigenvalue weighted by molar-refractivity contribution is 8.77. The van der Waals surface area contributed by atoms with E-state index < -0.39 is 10.7 Å². The van der Waals surface area contributed by atoms with Gasteiger partial charge in [0.05, 0.1) is 5.69 Å². The Morgan fingerprint density at radius 2 is 1.44 bits per heavy atom. The van der Waals surface area contributed by atoms with Crippen molar-refractivity contribution in [2.45, 2.75) is 17.3 Å². The molecule has 0 N–H and O–H groups in total. The molecule has 0 aliphatic carbocycles. The molecule has 3 heterocycles. The van der Waals surface area contributed by atoms with Crippen LogP contribution in [0.15, 0.2) is 72.8 Å². The van der Waals surface area contributed by atoms with Gasteiger partial charge in [0.2, 0.25) is 0 Å². The van der Waals surface area contributed by atoms with Gasteiger partial charge in [0.15, 0.2) is 10.7 Å². The zero-order chi connectivity index (χ0) is 18.4. The molecule has 4 nitrogen and oxygen atoms in total. The molecule has 3 aliphatic heterocycles. The van der Waals surface area contributed by atoms with Crippen LogP contribution in [0.25, 0.3) is 10.8 Å². The average Bonchev–Trinajstić information content (AvgIpc) is 2.71. The maximum Gasteiger partial charge on any atom is 0.262 e. The molecule has 2 bridgehead atoms. The van der Waals surface area contributed by atoms with Crippen LogP contribution in [-0.2, 0) is 16.1 Å². The Bertz CT molecular complexity index is 1040. The highest BCUT2D eigenvalue weighted by atomic mass is 33.1. The number of rotatable bonds is 3. The zero-order valence-corrected chi connectivity index (χ0v) is 16.0. The summed E-state index contributed by atoms with van der Waals surface area (Å²) < 4.78 is 0. The molecule has 27 heavy (non-hydrogen) atoms. The smallest absolute Gasteiger partial charge is 0.262 e. The van der Waals surface area contributed by atoms with Gasteiger partial charge in [0, 0.05) is 11.9 Å². The number of hydrogen-bond donors (Lipinski definition) is 0. The van der Waals surface area contributed by atoms with Gasteiger partial charge in [0.25, 0.3) is 11.8 Å². The van der Waals surface area contributed by atoms with Crippen molar-refractivity contribution in [2.75, 3.05) is 4.90 Å². The van der Waals surface area contributed by atoms with Gasteiger partial charge in [-0.05, 0) is 17.0 Å². The summed E-state index contributed by atoms with van der Waals surface area (Å²) in [5.74, 6) is -0.0178. The lowest BCUT2D eigenvalue weighted by molar-refractivity contribution is -0.141. The molecule has 0 unspecified atom stereocenters. The van der Waals surface area contributed by atoms with Crippen molar-refractivity contribution in [3.63, 3.8) is 0 Å². The van der Waals surface area contributed by atoms with E-state index in [2.05, 4.69) is 0 Å². The van der Waals surface area contributed by atoms with E-state index in [4.69, 9.17) is 0 Å². The van der Waals surface area contributed by atoms with E-state index in [1.807, 2.05) is 72.8 Å². The van der Waals surface area contributed by atoms with Crippen molar-refractivity contribution < 1.29 is 9.59 Å². The third-order valence-electron chi connectivity index (χ3n) is 4.92. The normalized spacial score (nSPS) is 21.9. The molecule has 134 valence electrons. The second-order valence-corrected chi connectivity index (χ2v) is 8.99. The Labute approximate surface area is 164 Å². The lowest BCUT2D eigenvalue weighted by atomic mass is 10.1. The van der Waals surface area contributed by atoms with Crippen LogP contribution in [0.4, 0.5) is 5.69 Å². The Hall–Kier alpha value is -2.44. The van der Waals surface area contributed by atoms with Crippen LogP contribution in [0.2, 0.25) is 0 Å². The van der Waals surface area contributed by atoms with Gasteiger partial charge in [-0.1, -0.05) is 88.3 Å². The minimum absolute atomic E-state index is 0.000127. The number of hydrogen-bond acceptors (Lipinski definition) is 4. The second-order valence-electron chi connectivity index (χ2n) is 6.56. The first-order chi connectivity index (χ1) is 13.2. The van der Waals surface area contributed by atoms with Gasteiger partial charge in [-0.15, -0.1) is 0 Å². The first kappa shape index (κ1) is 16.7. The number of piperazine rings is 1. The van der Waals surface area contributed by atoms with Gasteiger partial charge >= 0.3 is 0 Å². The Balaban J connectivity index is 1.53. The minimum Gasteiger partial charge on any atom is -0.314 e. The van der Waals surface area contributed by atoms with E-state index in [0.717, 1.165) is 22.0 Å². The Kier molecular flexibility index (Phi) is 4.10. The van der Waals surface area contributed by atoms with Gasteiger partial charge in [-0.2, -0.15) is 0 Å². The summed E-state index contributed by atoms with van der Waals surface area (Å²) in [6, 6.07) is 23.7. The summed E-state index contributed by atoms with van der Waals surface area (Å²) in [4.78, 5) is 29.8. The van der Waals surface area contributed by atoms with Crippen molar-refractivity contribution in [1.82, 2.24) is 4.90 Å². The molecule has 3 saturated heterocycles. The van der Waals surface area contributed by atoms with E-state index in [0.29, 0.717) is 6.54 Å². The largest absolute Gasteiger partial charge is 0.314 e. The molecule has 0 radical (unpaired) electrons. The zero-order valence-electron chi connectivity index (χ0n) is 14.3. The van der Waals surface area contributed by atoms with E-state index in [9.17, 15) is 9.59 Å². The molecule has 2 amide bonds. The van der Waals surface area contributed by atoms with Crippen molar-refractivity contribution in [3.8, 4) is 0 Å². The molecule has 3 aromatic carbocycles. The summed E-state index contributed by atoms with van der Waals surface area (Å²) in [5.41, 5.74) is 1.85. The fourth-order valence-corrected chi connectivity index (χ4v) is 6.53. The average molecular weight is 393 g/mol. The van der Waals surface area contributed by atoms with Gasteiger partial charge in [-0.25, -0.2) is 0 Å². The Morgan fingerprint density at radius 1 is 0.741 bits per heavy atom. The summed E-state index contributed by atoms with van der Waals surface area (Å²) in [7, 11) is 2.97. The quantitative estimate of drug-likeness (QED) is 0.625. The van der Waals surface area contributed by atoms with Crippen LogP contribution < -0.4 is 4.90 Å². The molecule has 0 spiro atoms. The highest BCUT2D eigenvalue weighted by Crippen LogP contribution is 2.49. The monoisotopic (exact) mass is 392 g/mol. The van der Waals surface area contributed by atoms with Crippen LogP contribution in [0, 0.1) is 0 Å². The van der Waals surface area contributed by atoms with Crippen LogP contribution in [0.3, 0.4) is 0 Å². The second kappa shape index (κ2) is 6.62. The molecule has 3 aliphatic rings. The van der Waals surface area contributed by atoms with Crippen LogP contribution in [0.5, 0.6) is 0 Å². The number of carbonyl (C=O) groups is 2. The number of benzene rings is 3. The van der Waals surface area contributed by atoms with Crippen LogP contribution in [0.1, 0.15) is 5.56 Å². The minimum atomic E-state index is -0.526. The molecule has 6 rings (SSSR count). The summed E-state index contributed by atoms with van der Waals surface area (Å²) in [6.07, 6.45) is 0. The maximum absolute atomic E-state index is 13.3. The lowest BCUT2D eigenvalue weighted by Crippen LogP contribution is -2.65. The molecule has 6 heteroatoms. The predicted octanol–water partition coefficient (Wildman–Crippen LogP) is 4.26. The van der Waals surface area contributed by atoms with Gasteiger partial charge in [0.1, 0.15) is 0 Å². The topological polar surface area (TPSA) is 40.6 Å². The van der Waals surface area contributed by atoms with E-state index >= 15 is 0 Å². The number of carbonyl (C=O) groups excluding carboxylic acids is 2. The number of anilines is 1. The van der Waals surface area contributed by atoms with Crippen LogP contribution >= 0.6 is 21.6 Å². The number of nitrogens with zero attached hydrogens (tertiary/aromatic N) is 2. The maximum atomic E-state index is 13.3. The standard InChI is InChI=1S/C21H16N2O2S2/c24-18-21-23(17-12-6-10-15-9-4-5-11-16(15)17)19(25)20(26-27-21)22(18)13-14-7-2-1-3-8-14/h1-12,20-21H,13H2/t20-,21-/m0/s1. The predicted molar refractivity (Wildman–Crippen MR) is 111 cm³/mol. The molecule has 3 fully saturated rings. The number of fused-ring (bicyclic) bond motifs is 4. The SMILES string of the molecule is O=C1[C@@H]2SS[C@@H](C(=O)N2c2cccc3ccccc23)N1Cc1ccccc1. The number of amides is 2. The molecule has 3 aromatic rings. The van der Waals surface area contributed by atoms with Crippen molar-refractivity contribution in [3.05, 3.63) is 78.4 Å².